The van der Waals surface area contributed by atoms with E-state index in [0.29, 0.717) is 31.9 Å². The Kier molecular flexibility index (Phi) is 5.87. The minimum atomic E-state index is -0.294. The number of hydrogen-bond donors (Lipinski definition) is 2. The van der Waals surface area contributed by atoms with Gasteiger partial charge in [0.05, 0.1) is 25.4 Å². The zero-order chi connectivity index (χ0) is 24.5. The Morgan fingerprint density at radius 2 is 2.08 bits per heavy atom. The van der Waals surface area contributed by atoms with E-state index in [2.05, 4.69) is 26.3 Å². The molecule has 0 radical (unpaired) electrons. The van der Waals surface area contributed by atoms with Crippen LogP contribution >= 0.6 is 0 Å². The van der Waals surface area contributed by atoms with Crippen LogP contribution in [-0.4, -0.2) is 34.6 Å². The lowest BCUT2D eigenvalue weighted by molar-refractivity contribution is 0.0354. The standard InChI is InChI=1S/C28H27N5O3/c1-18-4-2-5-22(32-18)16-31-21-7-8-24-20(15-21)14-19-9-11-29-26(27(19)36-24)25-17-33(12-13-35-25)23-6-3-10-30-28(23)34/h2-11,15,25,31H,12-14,16-17H2,1H3,(H,30,34). The van der Waals surface area contributed by atoms with Crippen molar-refractivity contribution >= 4 is 11.4 Å². The molecule has 0 aliphatic carbocycles. The number of aromatic nitrogens is 3. The maximum Gasteiger partial charge on any atom is 0.271 e. The number of fused-ring (bicyclic) bond motifs is 2. The Hall–Kier alpha value is -4.17. The Labute approximate surface area is 209 Å². The summed E-state index contributed by atoms with van der Waals surface area (Å²) < 4.78 is 12.5. The van der Waals surface area contributed by atoms with Crippen LogP contribution in [0.2, 0.25) is 0 Å². The number of aryl methyl sites for hydroxylation is 1. The normalized spacial score (nSPS) is 16.6. The number of pyridine rings is 3. The summed E-state index contributed by atoms with van der Waals surface area (Å²) in [6.07, 6.45) is 3.90. The number of hydrogen-bond acceptors (Lipinski definition) is 7. The van der Waals surface area contributed by atoms with Crippen molar-refractivity contribution in [3.05, 3.63) is 106 Å². The summed E-state index contributed by atoms with van der Waals surface area (Å²) in [5, 5.41) is 3.47. The first-order valence-electron chi connectivity index (χ1n) is 12.1. The molecule has 1 saturated heterocycles. The number of anilines is 2. The summed E-state index contributed by atoms with van der Waals surface area (Å²) in [4.78, 5) is 26.3. The van der Waals surface area contributed by atoms with Crippen LogP contribution in [-0.2, 0) is 17.7 Å². The molecule has 1 fully saturated rings. The van der Waals surface area contributed by atoms with Crippen LogP contribution in [0, 0.1) is 6.92 Å². The van der Waals surface area contributed by atoms with Gasteiger partial charge in [-0.3, -0.25) is 14.8 Å². The van der Waals surface area contributed by atoms with E-state index in [0.717, 1.165) is 51.8 Å². The highest BCUT2D eigenvalue weighted by Gasteiger charge is 2.30. The molecule has 0 bridgehead atoms. The van der Waals surface area contributed by atoms with Crippen LogP contribution in [0.4, 0.5) is 11.4 Å². The second-order valence-corrected chi connectivity index (χ2v) is 9.10. The fourth-order valence-corrected chi connectivity index (χ4v) is 4.82. The molecule has 0 spiro atoms. The van der Waals surface area contributed by atoms with E-state index in [1.807, 2.05) is 66.6 Å². The maximum atomic E-state index is 12.3. The molecule has 8 nitrogen and oxygen atoms in total. The lowest BCUT2D eigenvalue weighted by Crippen LogP contribution is -2.41. The molecule has 182 valence electrons. The lowest BCUT2D eigenvalue weighted by atomic mass is 9.98. The number of aromatic amines is 1. The fourth-order valence-electron chi connectivity index (χ4n) is 4.82. The van der Waals surface area contributed by atoms with Crippen molar-refractivity contribution < 1.29 is 9.47 Å². The highest BCUT2D eigenvalue weighted by molar-refractivity contribution is 5.58. The van der Waals surface area contributed by atoms with E-state index in [9.17, 15) is 4.79 Å². The van der Waals surface area contributed by atoms with Crippen molar-refractivity contribution in [2.75, 3.05) is 29.9 Å². The molecule has 6 rings (SSSR count). The molecule has 1 aromatic carbocycles. The predicted molar refractivity (Wildman–Crippen MR) is 138 cm³/mol. The SMILES string of the molecule is Cc1cccc(CNc2ccc3c(c2)Cc2ccnc(C4CN(c5ccc[nH]c5=O)CCO4)c2O3)n1. The van der Waals surface area contributed by atoms with Crippen LogP contribution in [0.5, 0.6) is 11.5 Å². The predicted octanol–water partition coefficient (Wildman–Crippen LogP) is 4.36. The van der Waals surface area contributed by atoms with Gasteiger partial charge in [-0.15, -0.1) is 0 Å². The first-order chi connectivity index (χ1) is 17.6. The highest BCUT2D eigenvalue weighted by atomic mass is 16.5. The van der Waals surface area contributed by atoms with Crippen LogP contribution in [0.15, 0.2) is 71.8 Å². The van der Waals surface area contributed by atoms with Gasteiger partial charge >= 0.3 is 0 Å². The van der Waals surface area contributed by atoms with Gasteiger partial charge in [-0.05, 0) is 55.5 Å². The van der Waals surface area contributed by atoms with E-state index in [4.69, 9.17) is 9.47 Å². The molecule has 0 amide bonds. The number of morpholine rings is 1. The fraction of sp³-hybridized carbons (Fsp3) is 0.250. The maximum absolute atomic E-state index is 12.3. The largest absolute Gasteiger partial charge is 0.455 e. The third-order valence-electron chi connectivity index (χ3n) is 6.60. The number of benzene rings is 1. The highest BCUT2D eigenvalue weighted by Crippen LogP contribution is 2.42. The lowest BCUT2D eigenvalue weighted by Gasteiger charge is -2.34. The van der Waals surface area contributed by atoms with Gasteiger partial charge in [0.2, 0.25) is 0 Å². The quantitative estimate of drug-likeness (QED) is 0.385. The first kappa shape index (κ1) is 22.3. The molecule has 5 heterocycles. The van der Waals surface area contributed by atoms with Crippen LogP contribution in [0.3, 0.4) is 0 Å². The second kappa shape index (κ2) is 9.47. The van der Waals surface area contributed by atoms with Gasteiger partial charge in [0.15, 0.2) is 5.75 Å². The zero-order valence-corrected chi connectivity index (χ0v) is 20.0. The molecule has 3 aromatic heterocycles. The van der Waals surface area contributed by atoms with E-state index < -0.39 is 0 Å². The van der Waals surface area contributed by atoms with Gasteiger partial charge < -0.3 is 24.7 Å². The van der Waals surface area contributed by atoms with Crippen LogP contribution in [0.1, 0.15) is 34.3 Å². The summed E-state index contributed by atoms with van der Waals surface area (Å²) >= 11 is 0. The van der Waals surface area contributed by atoms with Crippen molar-refractivity contribution in [1.29, 1.82) is 0 Å². The molecule has 0 saturated carbocycles. The molecule has 1 atom stereocenters. The van der Waals surface area contributed by atoms with Crippen LogP contribution < -0.4 is 20.5 Å². The summed E-state index contributed by atoms with van der Waals surface area (Å²) in [5.41, 5.74) is 6.53. The molecular weight excluding hydrogens is 454 g/mol. The Morgan fingerprint density at radius 1 is 1.14 bits per heavy atom. The Balaban J connectivity index is 1.21. The topological polar surface area (TPSA) is 92.4 Å². The van der Waals surface area contributed by atoms with Gasteiger partial charge in [-0.1, -0.05) is 6.07 Å². The summed E-state index contributed by atoms with van der Waals surface area (Å²) in [6.45, 7) is 4.34. The molecule has 2 N–H and O–H groups in total. The van der Waals surface area contributed by atoms with E-state index in [1.54, 1.807) is 6.20 Å². The van der Waals surface area contributed by atoms with E-state index in [1.165, 1.54) is 0 Å². The number of nitrogens with zero attached hydrogens (tertiary/aromatic N) is 3. The number of nitrogens with one attached hydrogen (secondary N) is 2. The average Bonchev–Trinajstić information content (AvgIpc) is 2.91. The molecule has 2 aliphatic heterocycles. The molecule has 36 heavy (non-hydrogen) atoms. The Morgan fingerprint density at radius 3 is 2.97 bits per heavy atom. The van der Waals surface area contributed by atoms with Gasteiger partial charge in [0, 0.05) is 47.9 Å². The molecule has 2 aliphatic rings. The molecule has 1 unspecified atom stereocenters. The van der Waals surface area contributed by atoms with Crippen molar-refractivity contribution in [2.45, 2.75) is 26.0 Å². The minimum Gasteiger partial charge on any atom is -0.455 e. The summed E-state index contributed by atoms with van der Waals surface area (Å²) in [7, 11) is 0. The first-order valence-corrected chi connectivity index (χ1v) is 12.1. The van der Waals surface area contributed by atoms with Gasteiger partial charge in [-0.2, -0.15) is 0 Å². The number of ether oxygens (including phenoxy) is 2. The van der Waals surface area contributed by atoms with Crippen LogP contribution in [0.25, 0.3) is 0 Å². The Bertz CT molecular complexity index is 1470. The van der Waals surface area contributed by atoms with E-state index >= 15 is 0 Å². The summed E-state index contributed by atoms with van der Waals surface area (Å²) in [6, 6.07) is 17.9. The zero-order valence-electron chi connectivity index (χ0n) is 20.0. The third kappa shape index (κ3) is 4.43. The second-order valence-electron chi connectivity index (χ2n) is 9.10. The number of rotatable bonds is 5. The third-order valence-corrected chi connectivity index (χ3v) is 6.60. The van der Waals surface area contributed by atoms with Crippen molar-refractivity contribution in [3.63, 3.8) is 0 Å². The van der Waals surface area contributed by atoms with Crippen molar-refractivity contribution in [2.24, 2.45) is 0 Å². The van der Waals surface area contributed by atoms with Crippen molar-refractivity contribution in [3.8, 4) is 11.5 Å². The van der Waals surface area contributed by atoms with Crippen molar-refractivity contribution in [1.82, 2.24) is 15.0 Å². The summed E-state index contributed by atoms with van der Waals surface area (Å²) in [5.74, 6) is 1.58. The van der Waals surface area contributed by atoms with Gasteiger partial charge in [0.1, 0.15) is 23.2 Å². The average molecular weight is 482 g/mol. The smallest absolute Gasteiger partial charge is 0.271 e. The van der Waals surface area contributed by atoms with Gasteiger partial charge in [0.25, 0.3) is 5.56 Å². The minimum absolute atomic E-state index is 0.103. The monoisotopic (exact) mass is 481 g/mol. The van der Waals surface area contributed by atoms with E-state index in [-0.39, 0.29) is 11.7 Å². The molecule has 8 heteroatoms. The van der Waals surface area contributed by atoms with Gasteiger partial charge in [-0.25, -0.2) is 0 Å². The number of H-pyrrole nitrogens is 1. The molecular formula is C28H27N5O3. The molecule has 4 aromatic rings.